The molecule has 3 nitrogen and oxygen atoms in total. The second kappa shape index (κ2) is 4.75. The molecule has 1 aromatic heterocycles. The van der Waals surface area contributed by atoms with Gasteiger partial charge in [-0.25, -0.2) is 8.42 Å². The summed E-state index contributed by atoms with van der Waals surface area (Å²) in [5.41, 5.74) is 1.00. The van der Waals surface area contributed by atoms with Crippen molar-refractivity contribution in [1.82, 2.24) is 4.98 Å². The smallest absolute Gasteiger partial charge is 0.148 e. The molecule has 0 aliphatic rings. The molecule has 0 radical (unpaired) electrons. The van der Waals surface area contributed by atoms with Crippen LogP contribution in [0.15, 0.2) is 24.5 Å². The molecule has 0 aliphatic heterocycles. The number of halogens is 1. The predicted molar refractivity (Wildman–Crippen MR) is 57.3 cm³/mol. The van der Waals surface area contributed by atoms with Crippen molar-refractivity contribution < 1.29 is 8.42 Å². The van der Waals surface area contributed by atoms with Gasteiger partial charge in [-0.1, -0.05) is 0 Å². The number of alkyl halides is 1. The van der Waals surface area contributed by atoms with Gasteiger partial charge in [0.2, 0.25) is 0 Å². The third-order valence-corrected chi connectivity index (χ3v) is 3.19. The van der Waals surface area contributed by atoms with Gasteiger partial charge in [0.1, 0.15) is 9.84 Å². The van der Waals surface area contributed by atoms with Gasteiger partial charge in [-0.05, 0) is 24.1 Å². The fraction of sp³-hybridized carbons (Fsp3) is 0.444. The van der Waals surface area contributed by atoms with Crippen LogP contribution < -0.4 is 0 Å². The van der Waals surface area contributed by atoms with Gasteiger partial charge in [-0.15, -0.1) is 11.6 Å². The Morgan fingerprint density at radius 2 is 2.00 bits per heavy atom. The summed E-state index contributed by atoms with van der Waals surface area (Å²) in [6.45, 7) is 0. The first kappa shape index (κ1) is 11.5. The molecular formula is C9H12ClNO2S. The van der Waals surface area contributed by atoms with Crippen LogP contribution in [0, 0.1) is 0 Å². The van der Waals surface area contributed by atoms with Crippen LogP contribution in [0.5, 0.6) is 0 Å². The van der Waals surface area contributed by atoms with E-state index in [4.69, 9.17) is 11.6 Å². The highest BCUT2D eigenvalue weighted by molar-refractivity contribution is 7.90. The van der Waals surface area contributed by atoms with E-state index in [-0.39, 0.29) is 11.1 Å². The van der Waals surface area contributed by atoms with Crippen LogP contribution in [0.3, 0.4) is 0 Å². The molecule has 0 saturated heterocycles. The lowest BCUT2D eigenvalue weighted by atomic mass is 10.1. The average Bonchev–Trinajstić information content (AvgIpc) is 2.02. The molecule has 0 aliphatic carbocycles. The maximum Gasteiger partial charge on any atom is 0.148 e. The molecule has 78 valence electrons. The van der Waals surface area contributed by atoms with Crippen LogP contribution in [-0.2, 0) is 16.3 Å². The highest BCUT2D eigenvalue weighted by atomic mass is 35.5. The van der Waals surface area contributed by atoms with Crippen LogP contribution in [-0.4, -0.2) is 30.8 Å². The normalized spacial score (nSPS) is 13.9. The van der Waals surface area contributed by atoms with Gasteiger partial charge >= 0.3 is 0 Å². The van der Waals surface area contributed by atoms with Crippen LogP contribution >= 0.6 is 11.6 Å². The second-order valence-corrected chi connectivity index (χ2v) is 6.05. The Morgan fingerprint density at radius 1 is 1.43 bits per heavy atom. The lowest BCUT2D eigenvalue weighted by Gasteiger charge is -2.07. The molecule has 0 amide bonds. The third-order valence-electron chi connectivity index (χ3n) is 1.69. The van der Waals surface area contributed by atoms with E-state index in [9.17, 15) is 8.42 Å². The van der Waals surface area contributed by atoms with Gasteiger partial charge in [-0.3, -0.25) is 4.98 Å². The maximum atomic E-state index is 10.9. The van der Waals surface area contributed by atoms with E-state index in [1.54, 1.807) is 12.4 Å². The van der Waals surface area contributed by atoms with Crippen molar-refractivity contribution in [2.24, 2.45) is 0 Å². The zero-order chi connectivity index (χ0) is 10.6. The Kier molecular flexibility index (Phi) is 3.89. The molecule has 0 saturated carbocycles. The van der Waals surface area contributed by atoms with Crippen LogP contribution in [0.25, 0.3) is 0 Å². The van der Waals surface area contributed by atoms with Crippen molar-refractivity contribution in [2.75, 3.05) is 12.0 Å². The largest absolute Gasteiger partial charge is 0.265 e. The molecule has 1 heterocycles. The standard InChI is InChI=1S/C9H12ClNO2S/c1-14(12,13)7-9(10)6-8-2-4-11-5-3-8/h2-5,9H,6-7H2,1H3. The molecule has 0 fully saturated rings. The van der Waals surface area contributed by atoms with E-state index >= 15 is 0 Å². The van der Waals surface area contributed by atoms with Gasteiger partial charge < -0.3 is 0 Å². The van der Waals surface area contributed by atoms with E-state index in [0.717, 1.165) is 5.56 Å². The summed E-state index contributed by atoms with van der Waals surface area (Å²) in [6, 6.07) is 3.66. The molecule has 1 aromatic rings. The van der Waals surface area contributed by atoms with Crippen molar-refractivity contribution in [3.05, 3.63) is 30.1 Å². The lowest BCUT2D eigenvalue weighted by molar-refractivity contribution is 0.599. The number of hydrogen-bond acceptors (Lipinski definition) is 3. The zero-order valence-corrected chi connectivity index (χ0v) is 9.42. The minimum Gasteiger partial charge on any atom is -0.265 e. The van der Waals surface area contributed by atoms with Crippen molar-refractivity contribution in [3.63, 3.8) is 0 Å². The summed E-state index contributed by atoms with van der Waals surface area (Å²) in [7, 11) is -2.99. The fourth-order valence-corrected chi connectivity index (χ4v) is 2.80. The lowest BCUT2D eigenvalue weighted by Crippen LogP contribution is -2.17. The summed E-state index contributed by atoms with van der Waals surface area (Å²) in [6.07, 6.45) is 5.07. The number of hydrogen-bond donors (Lipinski definition) is 0. The molecule has 0 bridgehead atoms. The summed E-state index contributed by atoms with van der Waals surface area (Å²) < 4.78 is 21.9. The molecule has 1 rings (SSSR count). The topological polar surface area (TPSA) is 47.0 Å². The van der Waals surface area contributed by atoms with Gasteiger partial charge in [0.05, 0.1) is 11.1 Å². The van der Waals surface area contributed by atoms with Crippen molar-refractivity contribution >= 4 is 21.4 Å². The first-order valence-electron chi connectivity index (χ1n) is 4.18. The molecule has 14 heavy (non-hydrogen) atoms. The summed E-state index contributed by atoms with van der Waals surface area (Å²) >= 11 is 5.90. The molecule has 1 atom stereocenters. The predicted octanol–water partition coefficient (Wildman–Crippen LogP) is 1.28. The molecule has 0 N–H and O–H groups in total. The van der Waals surface area contributed by atoms with Crippen molar-refractivity contribution in [1.29, 1.82) is 0 Å². The molecule has 1 unspecified atom stereocenters. The number of rotatable bonds is 4. The summed E-state index contributed by atoms with van der Waals surface area (Å²) in [5.74, 6) is 0.0108. The Balaban J connectivity index is 2.54. The fourth-order valence-electron chi connectivity index (χ4n) is 1.16. The number of sulfone groups is 1. The van der Waals surface area contributed by atoms with Gasteiger partial charge in [0, 0.05) is 18.6 Å². The number of aromatic nitrogens is 1. The van der Waals surface area contributed by atoms with Crippen molar-refractivity contribution in [3.8, 4) is 0 Å². The van der Waals surface area contributed by atoms with E-state index in [2.05, 4.69) is 4.98 Å². The summed E-state index contributed by atoms with van der Waals surface area (Å²) in [5, 5.41) is -0.368. The average molecular weight is 234 g/mol. The monoisotopic (exact) mass is 233 g/mol. The maximum absolute atomic E-state index is 10.9. The van der Waals surface area contributed by atoms with Gasteiger partial charge in [-0.2, -0.15) is 0 Å². The molecule has 5 heteroatoms. The molecular weight excluding hydrogens is 222 g/mol. The zero-order valence-electron chi connectivity index (χ0n) is 7.85. The Morgan fingerprint density at radius 3 is 2.50 bits per heavy atom. The SMILES string of the molecule is CS(=O)(=O)CC(Cl)Cc1ccncc1. The van der Waals surface area contributed by atoms with Crippen LogP contribution in [0.4, 0.5) is 0 Å². The van der Waals surface area contributed by atoms with Crippen molar-refractivity contribution in [2.45, 2.75) is 11.8 Å². The van der Waals surface area contributed by atoms with E-state index in [0.29, 0.717) is 6.42 Å². The highest BCUT2D eigenvalue weighted by Gasteiger charge is 2.12. The highest BCUT2D eigenvalue weighted by Crippen LogP contribution is 2.08. The quantitative estimate of drug-likeness (QED) is 0.736. The Labute approximate surface area is 89.0 Å². The minimum absolute atomic E-state index is 0.0108. The number of pyridine rings is 1. The first-order valence-corrected chi connectivity index (χ1v) is 6.68. The van der Waals surface area contributed by atoms with E-state index in [1.165, 1.54) is 6.26 Å². The molecule has 0 spiro atoms. The van der Waals surface area contributed by atoms with Crippen LogP contribution in [0.2, 0.25) is 0 Å². The number of nitrogens with zero attached hydrogens (tertiary/aromatic N) is 1. The first-order chi connectivity index (χ1) is 6.47. The van der Waals surface area contributed by atoms with Gasteiger partial charge in [0.25, 0.3) is 0 Å². The second-order valence-electron chi connectivity index (χ2n) is 3.25. The summed E-state index contributed by atoms with van der Waals surface area (Å²) in [4.78, 5) is 3.87. The minimum atomic E-state index is -2.99. The Hall–Kier alpha value is -0.610. The van der Waals surface area contributed by atoms with E-state index in [1.807, 2.05) is 12.1 Å². The van der Waals surface area contributed by atoms with Crippen LogP contribution in [0.1, 0.15) is 5.56 Å². The third kappa shape index (κ3) is 4.58. The molecule has 0 aromatic carbocycles. The van der Waals surface area contributed by atoms with E-state index < -0.39 is 9.84 Å². The van der Waals surface area contributed by atoms with Gasteiger partial charge in [0.15, 0.2) is 0 Å². The Bertz CT molecular complexity index is 377.